The maximum atomic E-state index is 12.1. The van der Waals surface area contributed by atoms with Gasteiger partial charge in [0.25, 0.3) is 5.91 Å². The Hall–Kier alpha value is -1.87. The number of piperidine rings is 1. The van der Waals surface area contributed by atoms with Crippen LogP contribution >= 0.6 is 15.9 Å². The van der Waals surface area contributed by atoms with Crippen molar-refractivity contribution in [3.05, 3.63) is 34.3 Å². The van der Waals surface area contributed by atoms with Crippen LogP contribution in [0.2, 0.25) is 0 Å². The molecule has 0 atom stereocenters. The summed E-state index contributed by atoms with van der Waals surface area (Å²) in [5, 5.41) is 11.5. The van der Waals surface area contributed by atoms with Crippen LogP contribution < -0.4 is 5.32 Å². The van der Waals surface area contributed by atoms with Crippen molar-refractivity contribution in [3.63, 3.8) is 0 Å². The molecule has 1 aromatic carbocycles. The van der Waals surface area contributed by atoms with Gasteiger partial charge in [0.15, 0.2) is 0 Å². The number of rotatable bonds is 4. The van der Waals surface area contributed by atoms with Gasteiger partial charge in [-0.3, -0.25) is 9.59 Å². The van der Waals surface area contributed by atoms with Crippen molar-refractivity contribution in [1.29, 1.82) is 5.26 Å². The lowest BCUT2D eigenvalue weighted by molar-refractivity contribution is -0.131. The van der Waals surface area contributed by atoms with Gasteiger partial charge < -0.3 is 10.2 Å². The van der Waals surface area contributed by atoms with Crippen molar-refractivity contribution in [3.8, 4) is 6.07 Å². The fourth-order valence-electron chi connectivity index (χ4n) is 2.54. The Bertz CT molecular complexity index is 589. The minimum Gasteiger partial charge on any atom is -0.352 e. The Balaban J connectivity index is 1.78. The molecule has 1 N–H and O–H groups in total. The topological polar surface area (TPSA) is 73.2 Å². The zero-order valence-corrected chi connectivity index (χ0v) is 13.8. The molecule has 0 bridgehead atoms. The van der Waals surface area contributed by atoms with Crippen LogP contribution in [0, 0.1) is 17.2 Å². The predicted octanol–water partition coefficient (Wildman–Crippen LogP) is 2.33. The number of amides is 2. The highest BCUT2D eigenvalue weighted by molar-refractivity contribution is 9.10. The lowest BCUT2D eigenvalue weighted by Gasteiger charge is -2.31. The number of nitrogens with one attached hydrogen (secondary N) is 1. The van der Waals surface area contributed by atoms with E-state index in [-0.39, 0.29) is 18.2 Å². The number of halogens is 1. The molecule has 0 spiro atoms. The summed E-state index contributed by atoms with van der Waals surface area (Å²) in [6.45, 7) is 1.94. The maximum Gasteiger partial charge on any atom is 0.252 e. The second kappa shape index (κ2) is 7.95. The van der Waals surface area contributed by atoms with Gasteiger partial charge in [0.1, 0.15) is 6.42 Å². The van der Waals surface area contributed by atoms with Gasteiger partial charge in [-0.25, -0.2) is 0 Å². The first-order valence-corrected chi connectivity index (χ1v) is 8.08. The summed E-state index contributed by atoms with van der Waals surface area (Å²) < 4.78 is 0.782. The van der Waals surface area contributed by atoms with Gasteiger partial charge in [0.05, 0.1) is 11.6 Å². The second-order valence-electron chi connectivity index (χ2n) is 5.35. The van der Waals surface area contributed by atoms with Crippen LogP contribution in [0.3, 0.4) is 0 Å². The Morgan fingerprint density at radius 1 is 1.32 bits per heavy atom. The molecule has 1 aromatic rings. The van der Waals surface area contributed by atoms with E-state index in [4.69, 9.17) is 5.26 Å². The van der Waals surface area contributed by atoms with Crippen molar-refractivity contribution < 1.29 is 9.59 Å². The van der Waals surface area contributed by atoms with Crippen molar-refractivity contribution in [2.75, 3.05) is 19.6 Å². The average Bonchev–Trinajstić information content (AvgIpc) is 2.54. The fourth-order valence-corrected chi connectivity index (χ4v) is 3.01. The van der Waals surface area contributed by atoms with Gasteiger partial charge in [0.2, 0.25) is 5.91 Å². The van der Waals surface area contributed by atoms with Gasteiger partial charge in [0, 0.05) is 24.1 Å². The number of hydrogen-bond acceptors (Lipinski definition) is 3. The van der Waals surface area contributed by atoms with E-state index < -0.39 is 0 Å². The molecule has 6 heteroatoms. The van der Waals surface area contributed by atoms with Crippen molar-refractivity contribution in [1.82, 2.24) is 10.2 Å². The van der Waals surface area contributed by atoms with E-state index >= 15 is 0 Å². The van der Waals surface area contributed by atoms with Crippen LogP contribution in [0.5, 0.6) is 0 Å². The molecule has 5 nitrogen and oxygen atoms in total. The number of benzene rings is 1. The van der Waals surface area contributed by atoms with Crippen LogP contribution in [0.15, 0.2) is 28.7 Å². The highest BCUT2D eigenvalue weighted by Gasteiger charge is 2.23. The molecule has 0 radical (unpaired) electrons. The molecule has 0 saturated carbocycles. The highest BCUT2D eigenvalue weighted by Crippen LogP contribution is 2.18. The monoisotopic (exact) mass is 363 g/mol. The molecule has 1 aliphatic rings. The van der Waals surface area contributed by atoms with E-state index in [1.807, 2.05) is 24.3 Å². The first-order chi connectivity index (χ1) is 10.6. The third kappa shape index (κ3) is 4.31. The molecule has 1 aliphatic heterocycles. The van der Waals surface area contributed by atoms with Crippen molar-refractivity contribution >= 4 is 27.7 Å². The quantitative estimate of drug-likeness (QED) is 0.891. The Morgan fingerprint density at radius 2 is 2.00 bits per heavy atom. The molecule has 1 saturated heterocycles. The predicted molar refractivity (Wildman–Crippen MR) is 86.0 cm³/mol. The van der Waals surface area contributed by atoms with Crippen LogP contribution in [0.25, 0.3) is 0 Å². The normalized spacial score (nSPS) is 15.2. The minimum atomic E-state index is -0.0989. The average molecular weight is 364 g/mol. The molecular formula is C16H18BrN3O2. The standard InChI is InChI=1S/C16H18BrN3O2/c17-14-4-2-1-3-13(14)16(22)19-11-12-6-9-20(10-7-12)15(21)5-8-18/h1-4,12H,5-7,9-11H2,(H,19,22). The zero-order chi connectivity index (χ0) is 15.9. The van der Waals surface area contributed by atoms with E-state index in [0.717, 1.165) is 17.3 Å². The van der Waals surface area contributed by atoms with Crippen LogP contribution in [-0.2, 0) is 4.79 Å². The lowest BCUT2D eigenvalue weighted by atomic mass is 9.96. The number of nitriles is 1. The molecule has 2 amide bonds. The van der Waals surface area contributed by atoms with Gasteiger partial charge >= 0.3 is 0 Å². The largest absolute Gasteiger partial charge is 0.352 e. The third-order valence-electron chi connectivity index (χ3n) is 3.87. The first-order valence-electron chi connectivity index (χ1n) is 7.29. The first kappa shape index (κ1) is 16.5. The minimum absolute atomic E-state index is 0.0521. The molecule has 1 fully saturated rings. The molecule has 22 heavy (non-hydrogen) atoms. The molecule has 0 unspecified atom stereocenters. The van der Waals surface area contributed by atoms with Gasteiger partial charge in [-0.2, -0.15) is 5.26 Å². The molecule has 2 rings (SSSR count). The number of carbonyl (C=O) groups is 2. The van der Waals surface area contributed by atoms with E-state index in [2.05, 4.69) is 21.2 Å². The smallest absolute Gasteiger partial charge is 0.252 e. The van der Waals surface area contributed by atoms with Gasteiger partial charge in [-0.1, -0.05) is 12.1 Å². The molecular weight excluding hydrogens is 346 g/mol. The summed E-state index contributed by atoms with van der Waals surface area (Å²) in [4.78, 5) is 25.5. The maximum absolute atomic E-state index is 12.1. The molecule has 1 heterocycles. The fraction of sp³-hybridized carbons (Fsp3) is 0.438. The van der Waals surface area contributed by atoms with Gasteiger partial charge in [-0.05, 0) is 46.8 Å². The molecule has 116 valence electrons. The Labute approximate surface area is 138 Å². The summed E-state index contributed by atoms with van der Waals surface area (Å²) in [6, 6.07) is 9.21. The summed E-state index contributed by atoms with van der Waals surface area (Å²) in [7, 11) is 0. The van der Waals surface area contributed by atoms with Crippen molar-refractivity contribution in [2.45, 2.75) is 19.3 Å². The summed E-state index contributed by atoms with van der Waals surface area (Å²) in [5.41, 5.74) is 0.629. The van der Waals surface area contributed by atoms with Crippen LogP contribution in [0.4, 0.5) is 0 Å². The molecule has 0 aliphatic carbocycles. The zero-order valence-electron chi connectivity index (χ0n) is 12.2. The summed E-state index contributed by atoms with van der Waals surface area (Å²) >= 11 is 3.37. The number of carbonyl (C=O) groups excluding carboxylic acids is 2. The molecule has 0 aromatic heterocycles. The Kier molecular flexibility index (Phi) is 5.96. The highest BCUT2D eigenvalue weighted by atomic mass is 79.9. The van der Waals surface area contributed by atoms with E-state index in [1.54, 1.807) is 11.0 Å². The summed E-state index contributed by atoms with van der Waals surface area (Å²) in [5.74, 6) is 0.186. The number of likely N-dealkylation sites (tertiary alicyclic amines) is 1. The SMILES string of the molecule is N#CCC(=O)N1CCC(CNC(=O)c2ccccc2Br)CC1. The Morgan fingerprint density at radius 3 is 2.64 bits per heavy atom. The third-order valence-corrected chi connectivity index (χ3v) is 4.56. The van der Waals surface area contributed by atoms with E-state index in [1.165, 1.54) is 0 Å². The second-order valence-corrected chi connectivity index (χ2v) is 6.20. The number of nitrogens with zero attached hydrogens (tertiary/aromatic N) is 2. The van der Waals surface area contributed by atoms with E-state index in [9.17, 15) is 9.59 Å². The van der Waals surface area contributed by atoms with E-state index in [0.29, 0.717) is 31.1 Å². The number of hydrogen-bond donors (Lipinski definition) is 1. The van der Waals surface area contributed by atoms with Crippen LogP contribution in [-0.4, -0.2) is 36.3 Å². The van der Waals surface area contributed by atoms with Gasteiger partial charge in [-0.15, -0.1) is 0 Å². The van der Waals surface area contributed by atoms with Crippen LogP contribution in [0.1, 0.15) is 29.6 Å². The van der Waals surface area contributed by atoms with Crippen molar-refractivity contribution in [2.24, 2.45) is 5.92 Å². The summed E-state index contributed by atoms with van der Waals surface area (Å²) in [6.07, 6.45) is 1.66. The lowest BCUT2D eigenvalue weighted by Crippen LogP contribution is -2.41.